The van der Waals surface area contributed by atoms with Crippen molar-refractivity contribution in [1.82, 2.24) is 10.3 Å². The highest BCUT2D eigenvalue weighted by molar-refractivity contribution is 6.34. The van der Waals surface area contributed by atoms with E-state index in [1.54, 1.807) is 24.3 Å². The Morgan fingerprint density at radius 3 is 2.28 bits per heavy atom. The molecule has 0 aliphatic heterocycles. The summed E-state index contributed by atoms with van der Waals surface area (Å²) in [5, 5.41) is 12.6. The molecule has 2 amide bonds. The first-order valence-corrected chi connectivity index (χ1v) is 7.73. The maximum absolute atomic E-state index is 12.2. The molecule has 126 valence electrons. The maximum atomic E-state index is 12.2. The predicted octanol–water partition coefficient (Wildman–Crippen LogP) is 3.16. The third kappa shape index (κ3) is 4.21. The number of carbonyl (C=O) groups is 2. The van der Waals surface area contributed by atoms with E-state index in [4.69, 9.17) is 11.6 Å². The van der Waals surface area contributed by atoms with E-state index < -0.39 is 5.91 Å². The standard InChI is InChI=1S/C17H13ClN4O3/c18-13-9-5-4-8-12(13)17(24)20-16-15(21-25-22-16)19-14(23)10-11-6-2-1-3-7-11/h1-9H,10H2,(H,19,21,23)(H,20,22,24). The number of nitrogens with one attached hydrogen (secondary N) is 2. The summed E-state index contributed by atoms with van der Waals surface area (Å²) in [7, 11) is 0. The normalized spacial score (nSPS) is 10.3. The summed E-state index contributed by atoms with van der Waals surface area (Å²) in [5.74, 6) is -0.761. The van der Waals surface area contributed by atoms with Crippen LogP contribution in [0.25, 0.3) is 0 Å². The minimum atomic E-state index is -0.486. The summed E-state index contributed by atoms with van der Waals surface area (Å²) in [5.41, 5.74) is 1.12. The van der Waals surface area contributed by atoms with Crippen LogP contribution in [0.2, 0.25) is 5.02 Å². The molecule has 2 N–H and O–H groups in total. The number of nitrogens with zero attached hydrogens (tertiary/aromatic N) is 2. The van der Waals surface area contributed by atoms with Crippen molar-refractivity contribution in [3.63, 3.8) is 0 Å². The third-order valence-electron chi connectivity index (χ3n) is 3.30. The zero-order valence-corrected chi connectivity index (χ0v) is 13.7. The van der Waals surface area contributed by atoms with E-state index in [9.17, 15) is 9.59 Å². The highest BCUT2D eigenvalue weighted by atomic mass is 35.5. The zero-order chi connectivity index (χ0) is 17.6. The molecule has 1 aromatic heterocycles. The highest BCUT2D eigenvalue weighted by Crippen LogP contribution is 2.20. The van der Waals surface area contributed by atoms with Crippen molar-refractivity contribution < 1.29 is 14.2 Å². The predicted molar refractivity (Wildman–Crippen MR) is 92.5 cm³/mol. The van der Waals surface area contributed by atoms with Crippen molar-refractivity contribution in [2.24, 2.45) is 0 Å². The van der Waals surface area contributed by atoms with Crippen LogP contribution in [0.3, 0.4) is 0 Å². The molecule has 0 atom stereocenters. The topological polar surface area (TPSA) is 97.1 Å². The number of benzene rings is 2. The Morgan fingerprint density at radius 1 is 0.920 bits per heavy atom. The van der Waals surface area contributed by atoms with Crippen LogP contribution >= 0.6 is 11.6 Å². The molecule has 0 aliphatic carbocycles. The van der Waals surface area contributed by atoms with Crippen molar-refractivity contribution in [2.45, 2.75) is 6.42 Å². The van der Waals surface area contributed by atoms with E-state index in [0.717, 1.165) is 5.56 Å². The van der Waals surface area contributed by atoms with E-state index in [-0.39, 0.29) is 29.5 Å². The van der Waals surface area contributed by atoms with E-state index in [0.29, 0.717) is 5.02 Å². The van der Waals surface area contributed by atoms with Gasteiger partial charge in [0, 0.05) is 0 Å². The number of aromatic nitrogens is 2. The second-order valence-corrected chi connectivity index (χ2v) is 5.51. The Labute approximate surface area is 148 Å². The molecule has 3 rings (SSSR count). The van der Waals surface area contributed by atoms with E-state index >= 15 is 0 Å². The van der Waals surface area contributed by atoms with Crippen LogP contribution in [0.1, 0.15) is 15.9 Å². The van der Waals surface area contributed by atoms with Crippen LogP contribution in [-0.4, -0.2) is 22.1 Å². The average Bonchev–Trinajstić information content (AvgIpc) is 3.02. The summed E-state index contributed by atoms with van der Waals surface area (Å²) in [6, 6.07) is 15.8. The monoisotopic (exact) mass is 356 g/mol. The molecule has 0 unspecified atom stereocenters. The number of carbonyl (C=O) groups excluding carboxylic acids is 2. The molecule has 0 radical (unpaired) electrons. The van der Waals surface area contributed by atoms with Gasteiger partial charge in [-0.3, -0.25) is 9.59 Å². The van der Waals surface area contributed by atoms with Crippen molar-refractivity contribution in [1.29, 1.82) is 0 Å². The molecular formula is C17H13ClN4O3. The first-order valence-electron chi connectivity index (χ1n) is 7.35. The molecule has 0 aliphatic rings. The molecule has 0 fully saturated rings. The molecule has 0 spiro atoms. The van der Waals surface area contributed by atoms with E-state index in [1.807, 2.05) is 30.3 Å². The van der Waals surface area contributed by atoms with Gasteiger partial charge in [0.1, 0.15) is 0 Å². The second kappa shape index (κ2) is 7.59. The Morgan fingerprint density at radius 2 is 1.56 bits per heavy atom. The number of anilines is 2. The van der Waals surface area contributed by atoms with Gasteiger partial charge >= 0.3 is 0 Å². The van der Waals surface area contributed by atoms with Gasteiger partial charge in [-0.1, -0.05) is 54.1 Å². The third-order valence-corrected chi connectivity index (χ3v) is 3.63. The average molecular weight is 357 g/mol. The van der Waals surface area contributed by atoms with Crippen LogP contribution < -0.4 is 10.6 Å². The summed E-state index contributed by atoms with van der Waals surface area (Å²) < 4.78 is 4.60. The van der Waals surface area contributed by atoms with Crippen LogP contribution in [0.5, 0.6) is 0 Å². The number of hydrogen-bond donors (Lipinski definition) is 2. The first kappa shape index (κ1) is 16.7. The summed E-state index contributed by atoms with van der Waals surface area (Å²) in [4.78, 5) is 24.3. The van der Waals surface area contributed by atoms with Gasteiger partial charge in [-0.05, 0) is 28.0 Å². The minimum absolute atomic E-state index is 0.00586. The Bertz CT molecular complexity index is 896. The molecule has 0 saturated carbocycles. The van der Waals surface area contributed by atoms with E-state index in [1.165, 1.54) is 0 Å². The fourth-order valence-corrected chi connectivity index (χ4v) is 2.35. The Kier molecular flexibility index (Phi) is 5.06. The van der Waals surface area contributed by atoms with Crippen molar-refractivity contribution in [3.8, 4) is 0 Å². The van der Waals surface area contributed by atoms with Crippen molar-refractivity contribution in [2.75, 3.05) is 10.6 Å². The fourth-order valence-electron chi connectivity index (χ4n) is 2.13. The highest BCUT2D eigenvalue weighted by Gasteiger charge is 2.18. The number of halogens is 1. The lowest BCUT2D eigenvalue weighted by Crippen LogP contribution is -2.18. The van der Waals surface area contributed by atoms with Crippen LogP contribution in [0, 0.1) is 0 Å². The fraction of sp³-hybridized carbons (Fsp3) is 0.0588. The second-order valence-electron chi connectivity index (χ2n) is 5.11. The van der Waals surface area contributed by atoms with Gasteiger partial charge in [0.2, 0.25) is 17.5 Å². The molecule has 25 heavy (non-hydrogen) atoms. The smallest absolute Gasteiger partial charge is 0.258 e. The van der Waals surface area contributed by atoms with Crippen LogP contribution in [0.15, 0.2) is 59.2 Å². The van der Waals surface area contributed by atoms with Gasteiger partial charge in [0.25, 0.3) is 5.91 Å². The first-order chi connectivity index (χ1) is 12.1. The lowest BCUT2D eigenvalue weighted by Gasteiger charge is -2.06. The number of hydrogen-bond acceptors (Lipinski definition) is 5. The molecule has 3 aromatic rings. The van der Waals surface area contributed by atoms with Gasteiger partial charge in [-0.15, -0.1) is 0 Å². The molecule has 0 saturated heterocycles. The lowest BCUT2D eigenvalue weighted by atomic mass is 10.1. The molecule has 7 nitrogen and oxygen atoms in total. The van der Waals surface area contributed by atoms with Crippen molar-refractivity contribution >= 4 is 35.1 Å². The van der Waals surface area contributed by atoms with Crippen LogP contribution in [-0.2, 0) is 11.2 Å². The van der Waals surface area contributed by atoms with Gasteiger partial charge in [-0.25, -0.2) is 4.63 Å². The molecule has 8 heteroatoms. The number of rotatable bonds is 5. The van der Waals surface area contributed by atoms with Crippen molar-refractivity contribution in [3.05, 3.63) is 70.7 Å². The Balaban J connectivity index is 1.67. The molecule has 1 heterocycles. The minimum Gasteiger partial charge on any atom is -0.304 e. The van der Waals surface area contributed by atoms with Gasteiger partial charge in [-0.2, -0.15) is 0 Å². The lowest BCUT2D eigenvalue weighted by molar-refractivity contribution is -0.115. The molecule has 2 aromatic carbocycles. The largest absolute Gasteiger partial charge is 0.304 e. The molecular weight excluding hydrogens is 344 g/mol. The van der Waals surface area contributed by atoms with Gasteiger partial charge in [0.15, 0.2) is 0 Å². The number of amides is 2. The maximum Gasteiger partial charge on any atom is 0.258 e. The van der Waals surface area contributed by atoms with Gasteiger partial charge < -0.3 is 10.6 Å². The summed E-state index contributed by atoms with van der Waals surface area (Å²) in [6.45, 7) is 0. The Hall–Kier alpha value is -3.19. The SMILES string of the molecule is O=C(Cc1ccccc1)Nc1nonc1NC(=O)c1ccccc1Cl. The zero-order valence-electron chi connectivity index (χ0n) is 12.9. The van der Waals surface area contributed by atoms with Gasteiger partial charge in [0.05, 0.1) is 17.0 Å². The summed E-state index contributed by atoms with van der Waals surface area (Å²) >= 11 is 5.98. The quantitative estimate of drug-likeness (QED) is 0.731. The molecule has 0 bridgehead atoms. The van der Waals surface area contributed by atoms with E-state index in [2.05, 4.69) is 25.6 Å². The summed E-state index contributed by atoms with van der Waals surface area (Å²) in [6.07, 6.45) is 0.158. The van der Waals surface area contributed by atoms with Crippen LogP contribution in [0.4, 0.5) is 11.6 Å².